The van der Waals surface area contributed by atoms with Crippen molar-refractivity contribution in [3.63, 3.8) is 0 Å². The number of aryl methyl sites for hydroxylation is 2. The molecule has 2 heterocycles. The van der Waals surface area contributed by atoms with Crippen molar-refractivity contribution in [2.75, 3.05) is 7.11 Å². The fraction of sp³-hybridized carbons (Fsp3) is 0.208. The highest BCUT2D eigenvalue weighted by Gasteiger charge is 2.53. The second kappa shape index (κ2) is 7.75. The average molecular weight is 418 g/mol. The van der Waals surface area contributed by atoms with Gasteiger partial charge in [-0.1, -0.05) is 48.5 Å². The molecule has 1 N–H and O–H groups in total. The van der Waals surface area contributed by atoms with Crippen LogP contribution in [0.3, 0.4) is 0 Å². The number of urea groups is 1. The molecule has 0 bridgehead atoms. The Bertz CT molecular complexity index is 1170. The summed E-state index contributed by atoms with van der Waals surface area (Å²) in [5, 5.41) is 2.91. The molecule has 158 valence electrons. The summed E-state index contributed by atoms with van der Waals surface area (Å²) in [6.07, 6.45) is 0. The van der Waals surface area contributed by atoms with Crippen LogP contribution in [0.1, 0.15) is 38.6 Å². The minimum absolute atomic E-state index is 0.00744. The van der Waals surface area contributed by atoms with Crippen molar-refractivity contribution in [1.82, 2.24) is 10.2 Å². The molecule has 0 spiro atoms. The van der Waals surface area contributed by atoms with Gasteiger partial charge in [0.2, 0.25) is 5.76 Å². The molecule has 7 heteroatoms. The molecule has 0 aliphatic carbocycles. The molecule has 31 heavy (non-hydrogen) atoms. The van der Waals surface area contributed by atoms with Crippen LogP contribution in [0.5, 0.6) is 0 Å². The molecular weight excluding hydrogens is 396 g/mol. The first-order chi connectivity index (χ1) is 14.9. The summed E-state index contributed by atoms with van der Waals surface area (Å²) in [7, 11) is 1.25. The first-order valence-corrected chi connectivity index (χ1v) is 9.81. The number of carbonyl (C=O) groups is 3. The molecule has 3 amide bonds. The highest BCUT2D eigenvalue weighted by atomic mass is 16.5. The molecule has 0 radical (unpaired) electrons. The van der Waals surface area contributed by atoms with Gasteiger partial charge < -0.3 is 14.5 Å². The Morgan fingerprint density at radius 3 is 2.42 bits per heavy atom. The van der Waals surface area contributed by atoms with E-state index in [1.807, 2.05) is 62.4 Å². The predicted molar refractivity (Wildman–Crippen MR) is 112 cm³/mol. The van der Waals surface area contributed by atoms with E-state index in [4.69, 9.17) is 4.42 Å². The molecule has 1 fully saturated rings. The number of amides is 3. The van der Waals surface area contributed by atoms with Gasteiger partial charge in [0, 0.05) is 0 Å². The standard InChI is InChI=1S/C24H22N2O5/c1-15-9-10-18(13-16(15)2)24(17-7-5-4-6-8-17)22(28)26(23(29)25-24)14-19-11-12-20(31-19)21(27)30-3/h4-13H,14H2,1-3H3,(H,25,29)/t24-/m1/s1. The van der Waals surface area contributed by atoms with Crippen LogP contribution in [-0.2, 0) is 21.6 Å². The molecule has 1 saturated heterocycles. The summed E-state index contributed by atoms with van der Waals surface area (Å²) >= 11 is 0. The number of furan rings is 1. The minimum atomic E-state index is -1.35. The largest absolute Gasteiger partial charge is 0.463 e. The monoisotopic (exact) mass is 418 g/mol. The first kappa shape index (κ1) is 20.4. The highest BCUT2D eigenvalue weighted by Crippen LogP contribution is 2.37. The van der Waals surface area contributed by atoms with Gasteiger partial charge in [-0.15, -0.1) is 0 Å². The lowest BCUT2D eigenvalue weighted by Crippen LogP contribution is -2.45. The third-order valence-corrected chi connectivity index (χ3v) is 5.61. The molecule has 2 aromatic carbocycles. The van der Waals surface area contributed by atoms with E-state index in [0.29, 0.717) is 16.9 Å². The van der Waals surface area contributed by atoms with Crippen molar-refractivity contribution >= 4 is 17.9 Å². The lowest BCUT2D eigenvalue weighted by Gasteiger charge is -2.28. The highest BCUT2D eigenvalue weighted by molar-refractivity contribution is 6.09. The van der Waals surface area contributed by atoms with Crippen molar-refractivity contribution in [3.8, 4) is 0 Å². The Labute approximate surface area is 179 Å². The second-order valence-electron chi connectivity index (χ2n) is 7.49. The number of hydrogen-bond donors (Lipinski definition) is 1. The summed E-state index contributed by atoms with van der Waals surface area (Å²) < 4.78 is 10.1. The van der Waals surface area contributed by atoms with Crippen LogP contribution in [0, 0.1) is 13.8 Å². The fourth-order valence-corrected chi connectivity index (χ4v) is 3.77. The SMILES string of the molecule is COC(=O)c1ccc(CN2C(=O)N[C@](c3ccccc3)(c3ccc(C)c(C)c3)C2=O)o1. The van der Waals surface area contributed by atoms with E-state index in [1.54, 1.807) is 6.07 Å². The van der Waals surface area contributed by atoms with E-state index in [-0.39, 0.29) is 12.3 Å². The maximum atomic E-state index is 13.7. The molecule has 0 saturated carbocycles. The number of carbonyl (C=O) groups excluding carboxylic acids is 3. The van der Waals surface area contributed by atoms with E-state index in [2.05, 4.69) is 10.1 Å². The number of nitrogens with one attached hydrogen (secondary N) is 1. The van der Waals surface area contributed by atoms with Crippen molar-refractivity contribution < 1.29 is 23.5 Å². The Morgan fingerprint density at radius 2 is 1.74 bits per heavy atom. The van der Waals surface area contributed by atoms with Gasteiger partial charge in [-0.3, -0.25) is 9.69 Å². The molecular formula is C24H22N2O5. The lowest BCUT2D eigenvalue weighted by atomic mass is 9.81. The van der Waals surface area contributed by atoms with Crippen LogP contribution in [0.4, 0.5) is 4.79 Å². The van der Waals surface area contributed by atoms with E-state index in [0.717, 1.165) is 16.0 Å². The third-order valence-electron chi connectivity index (χ3n) is 5.61. The van der Waals surface area contributed by atoms with Gasteiger partial charge in [-0.25, -0.2) is 9.59 Å². The van der Waals surface area contributed by atoms with Crippen molar-refractivity contribution in [3.05, 3.63) is 94.4 Å². The van der Waals surface area contributed by atoms with E-state index < -0.39 is 23.4 Å². The van der Waals surface area contributed by atoms with Gasteiger partial charge in [0.05, 0.1) is 13.7 Å². The molecule has 1 atom stereocenters. The second-order valence-corrected chi connectivity index (χ2v) is 7.49. The lowest BCUT2D eigenvalue weighted by molar-refractivity contribution is -0.130. The number of hydrogen-bond acceptors (Lipinski definition) is 5. The predicted octanol–water partition coefficient (Wildman–Crippen LogP) is 3.68. The smallest absolute Gasteiger partial charge is 0.373 e. The van der Waals surface area contributed by atoms with Crippen LogP contribution in [-0.4, -0.2) is 29.9 Å². The first-order valence-electron chi connectivity index (χ1n) is 9.81. The maximum absolute atomic E-state index is 13.7. The fourth-order valence-electron chi connectivity index (χ4n) is 3.77. The van der Waals surface area contributed by atoms with Gasteiger partial charge in [0.1, 0.15) is 5.76 Å². The van der Waals surface area contributed by atoms with Crippen LogP contribution in [0.25, 0.3) is 0 Å². The minimum Gasteiger partial charge on any atom is -0.463 e. The number of benzene rings is 2. The Morgan fingerprint density at radius 1 is 1.00 bits per heavy atom. The Balaban J connectivity index is 1.76. The number of rotatable bonds is 5. The summed E-state index contributed by atoms with van der Waals surface area (Å²) in [5.74, 6) is -0.735. The molecule has 1 aliphatic rings. The van der Waals surface area contributed by atoms with Gasteiger partial charge in [-0.05, 0) is 48.2 Å². The summed E-state index contributed by atoms with van der Waals surface area (Å²) in [4.78, 5) is 39.5. The maximum Gasteiger partial charge on any atom is 0.373 e. The van der Waals surface area contributed by atoms with Crippen LogP contribution in [0.15, 0.2) is 65.1 Å². The number of esters is 1. The number of methoxy groups -OCH3 is 1. The zero-order valence-electron chi connectivity index (χ0n) is 17.5. The van der Waals surface area contributed by atoms with E-state index in [1.165, 1.54) is 13.2 Å². The zero-order valence-corrected chi connectivity index (χ0v) is 17.5. The van der Waals surface area contributed by atoms with Crippen LogP contribution < -0.4 is 5.32 Å². The van der Waals surface area contributed by atoms with Crippen molar-refractivity contribution in [2.24, 2.45) is 0 Å². The zero-order chi connectivity index (χ0) is 22.2. The van der Waals surface area contributed by atoms with Crippen molar-refractivity contribution in [2.45, 2.75) is 25.9 Å². The van der Waals surface area contributed by atoms with Gasteiger partial charge in [0.25, 0.3) is 5.91 Å². The summed E-state index contributed by atoms with van der Waals surface area (Å²) in [6, 6.07) is 17.3. The molecule has 3 aromatic rings. The van der Waals surface area contributed by atoms with E-state index >= 15 is 0 Å². The Kier molecular flexibility index (Phi) is 5.10. The van der Waals surface area contributed by atoms with Gasteiger partial charge in [0.15, 0.2) is 5.54 Å². The molecule has 0 unspecified atom stereocenters. The topological polar surface area (TPSA) is 88.9 Å². The molecule has 1 aliphatic heterocycles. The number of ether oxygens (including phenoxy) is 1. The average Bonchev–Trinajstić information content (AvgIpc) is 3.35. The van der Waals surface area contributed by atoms with E-state index in [9.17, 15) is 14.4 Å². The van der Waals surface area contributed by atoms with Crippen LogP contribution >= 0.6 is 0 Å². The quantitative estimate of drug-likeness (QED) is 0.504. The normalized spacial score (nSPS) is 18.2. The number of nitrogens with zero attached hydrogens (tertiary/aromatic N) is 1. The van der Waals surface area contributed by atoms with Crippen LogP contribution in [0.2, 0.25) is 0 Å². The van der Waals surface area contributed by atoms with Gasteiger partial charge >= 0.3 is 12.0 Å². The van der Waals surface area contributed by atoms with Crippen molar-refractivity contribution in [1.29, 1.82) is 0 Å². The summed E-state index contributed by atoms with van der Waals surface area (Å²) in [5.41, 5.74) is 2.09. The Hall–Kier alpha value is -3.87. The van der Waals surface area contributed by atoms with Gasteiger partial charge in [-0.2, -0.15) is 0 Å². The molecule has 7 nitrogen and oxygen atoms in total. The molecule has 1 aromatic heterocycles. The summed E-state index contributed by atoms with van der Waals surface area (Å²) in [6.45, 7) is 3.85. The third kappa shape index (κ3) is 3.38. The molecule has 4 rings (SSSR count). The number of imide groups is 1.